The minimum absolute atomic E-state index is 0.550. The Balaban J connectivity index is 1.46. The molecule has 1 aliphatic carbocycles. The Kier molecular flexibility index (Phi) is 5.38. The third-order valence-corrected chi connectivity index (χ3v) is 6.09. The summed E-state index contributed by atoms with van der Waals surface area (Å²) in [5.41, 5.74) is 3.19. The van der Waals surface area contributed by atoms with Gasteiger partial charge in [0.1, 0.15) is 11.4 Å². The van der Waals surface area contributed by atoms with Gasteiger partial charge in [0.2, 0.25) is 5.95 Å². The Bertz CT molecular complexity index is 1320. The van der Waals surface area contributed by atoms with E-state index in [1.807, 2.05) is 41.1 Å². The number of aromatic nitrogens is 3. The monoisotopic (exact) mass is 422 g/mol. The molecule has 0 atom stereocenters. The molecule has 1 saturated carbocycles. The molecule has 5 heteroatoms. The van der Waals surface area contributed by atoms with Crippen LogP contribution < -0.4 is 5.32 Å². The Morgan fingerprint density at radius 1 is 1.03 bits per heavy atom. The number of aryl methyl sites for hydroxylation is 1. The quantitative estimate of drug-likeness (QED) is 0.427. The molecule has 0 radical (unpaired) electrons. The summed E-state index contributed by atoms with van der Waals surface area (Å²) in [6.07, 6.45) is 8.56. The van der Waals surface area contributed by atoms with Crippen LogP contribution in [0.3, 0.4) is 0 Å². The number of benzene rings is 2. The molecule has 2 aromatic carbocycles. The van der Waals surface area contributed by atoms with Crippen molar-refractivity contribution in [1.82, 2.24) is 14.5 Å². The number of nitrogens with one attached hydrogen (secondary N) is 1. The number of nitrogens with zero attached hydrogens (tertiary/aromatic N) is 3. The van der Waals surface area contributed by atoms with Crippen LogP contribution in [0.2, 0.25) is 0 Å². The summed E-state index contributed by atoms with van der Waals surface area (Å²) in [7, 11) is 0. The van der Waals surface area contributed by atoms with Crippen molar-refractivity contribution in [3.8, 4) is 17.7 Å². The van der Waals surface area contributed by atoms with Gasteiger partial charge in [-0.25, -0.2) is 4.98 Å². The lowest BCUT2D eigenvalue weighted by Crippen LogP contribution is -2.29. The second-order valence-electron chi connectivity index (χ2n) is 8.48. The van der Waals surface area contributed by atoms with Gasteiger partial charge in [-0.1, -0.05) is 42.5 Å². The summed E-state index contributed by atoms with van der Waals surface area (Å²) in [6, 6.07) is 18.2. The standard InChI is InChI=1S/C27H26N4O/c1-20-7-3-4-8-23(20)29-26-28-17-12-25(30-26)31-18-13-22-10-9-21(19-24(22)31)11-16-27(32)14-5-2-6-15-27/h3-4,7-10,12-13,17-19,32H,2,5-6,14-15H2,1H3,(H,28,29,30). The predicted molar refractivity (Wildman–Crippen MR) is 128 cm³/mol. The topological polar surface area (TPSA) is 63.0 Å². The Labute approximate surface area is 188 Å². The second-order valence-corrected chi connectivity index (χ2v) is 8.48. The lowest BCUT2D eigenvalue weighted by Gasteiger charge is -2.26. The number of para-hydroxylation sites is 1. The van der Waals surface area contributed by atoms with E-state index in [1.54, 1.807) is 6.20 Å². The molecule has 32 heavy (non-hydrogen) atoms. The van der Waals surface area contributed by atoms with Gasteiger partial charge in [-0.2, -0.15) is 4.98 Å². The molecule has 0 aliphatic heterocycles. The minimum Gasteiger partial charge on any atom is -0.378 e. The summed E-state index contributed by atoms with van der Waals surface area (Å²) in [5.74, 6) is 7.67. The highest BCUT2D eigenvalue weighted by Crippen LogP contribution is 2.28. The van der Waals surface area contributed by atoms with Gasteiger partial charge in [-0.05, 0) is 68.5 Å². The maximum Gasteiger partial charge on any atom is 0.229 e. The number of hydrogen-bond donors (Lipinski definition) is 2. The number of fused-ring (bicyclic) bond motifs is 1. The first-order chi connectivity index (χ1) is 15.6. The fourth-order valence-corrected chi connectivity index (χ4v) is 4.23. The van der Waals surface area contributed by atoms with E-state index in [9.17, 15) is 5.11 Å². The molecular weight excluding hydrogens is 396 g/mol. The number of aliphatic hydroxyl groups is 1. The number of rotatable bonds is 3. The molecule has 160 valence electrons. The predicted octanol–water partition coefficient (Wildman–Crippen LogP) is 5.52. The largest absolute Gasteiger partial charge is 0.378 e. The molecule has 0 unspecified atom stereocenters. The first kappa shape index (κ1) is 20.3. The van der Waals surface area contributed by atoms with Gasteiger partial charge in [0, 0.05) is 29.0 Å². The van der Waals surface area contributed by atoms with Crippen LogP contribution in [0.25, 0.3) is 16.7 Å². The fourth-order valence-electron chi connectivity index (χ4n) is 4.23. The molecule has 5 rings (SSSR count). The summed E-state index contributed by atoms with van der Waals surface area (Å²) in [5, 5.41) is 15.1. The molecule has 0 bridgehead atoms. The Hall–Kier alpha value is -3.62. The number of anilines is 2. The Morgan fingerprint density at radius 2 is 1.88 bits per heavy atom. The van der Waals surface area contributed by atoms with Crippen molar-refractivity contribution in [2.45, 2.75) is 44.6 Å². The highest BCUT2D eigenvalue weighted by molar-refractivity contribution is 5.83. The smallest absolute Gasteiger partial charge is 0.229 e. The third-order valence-electron chi connectivity index (χ3n) is 6.09. The second kappa shape index (κ2) is 8.49. The van der Waals surface area contributed by atoms with Crippen LogP contribution >= 0.6 is 0 Å². The molecule has 1 aliphatic rings. The Morgan fingerprint density at radius 3 is 2.72 bits per heavy atom. The number of hydrogen-bond acceptors (Lipinski definition) is 4. The SMILES string of the molecule is Cc1ccccc1Nc1nccc(-n2ccc3ccc(C#CC4(O)CCCCC4)cc32)n1. The molecular formula is C27H26N4O. The molecule has 1 fully saturated rings. The highest BCUT2D eigenvalue weighted by Gasteiger charge is 2.26. The zero-order valence-corrected chi connectivity index (χ0v) is 18.2. The minimum atomic E-state index is -0.849. The van der Waals surface area contributed by atoms with Crippen molar-refractivity contribution < 1.29 is 5.11 Å². The maximum absolute atomic E-state index is 10.7. The van der Waals surface area contributed by atoms with Crippen LogP contribution in [0.15, 0.2) is 67.0 Å². The van der Waals surface area contributed by atoms with Gasteiger partial charge >= 0.3 is 0 Å². The van der Waals surface area contributed by atoms with E-state index in [4.69, 9.17) is 4.98 Å². The fraction of sp³-hybridized carbons (Fsp3) is 0.259. The first-order valence-corrected chi connectivity index (χ1v) is 11.1. The van der Waals surface area contributed by atoms with Crippen molar-refractivity contribution in [2.75, 3.05) is 5.32 Å². The highest BCUT2D eigenvalue weighted by atomic mass is 16.3. The van der Waals surface area contributed by atoms with E-state index in [2.05, 4.69) is 53.3 Å². The van der Waals surface area contributed by atoms with Gasteiger partial charge in [0.15, 0.2) is 0 Å². The van der Waals surface area contributed by atoms with E-state index in [1.165, 1.54) is 6.42 Å². The molecule has 2 N–H and O–H groups in total. The van der Waals surface area contributed by atoms with E-state index in [0.29, 0.717) is 5.95 Å². The van der Waals surface area contributed by atoms with Crippen LogP contribution in [0.4, 0.5) is 11.6 Å². The molecule has 0 amide bonds. The van der Waals surface area contributed by atoms with Gasteiger partial charge in [0.05, 0.1) is 5.52 Å². The molecule has 0 saturated heterocycles. The molecule has 2 heterocycles. The molecule has 0 spiro atoms. The van der Waals surface area contributed by atoms with E-state index >= 15 is 0 Å². The summed E-state index contributed by atoms with van der Waals surface area (Å²) < 4.78 is 2.04. The average Bonchev–Trinajstić information content (AvgIpc) is 3.23. The summed E-state index contributed by atoms with van der Waals surface area (Å²) in [4.78, 5) is 9.11. The van der Waals surface area contributed by atoms with Gasteiger partial charge in [-0.3, -0.25) is 0 Å². The zero-order chi connectivity index (χ0) is 22.0. The van der Waals surface area contributed by atoms with Crippen molar-refractivity contribution in [2.24, 2.45) is 0 Å². The van der Waals surface area contributed by atoms with Crippen molar-refractivity contribution in [3.63, 3.8) is 0 Å². The van der Waals surface area contributed by atoms with E-state index in [0.717, 1.165) is 59.2 Å². The first-order valence-electron chi connectivity index (χ1n) is 11.1. The normalized spacial score (nSPS) is 15.2. The van der Waals surface area contributed by atoms with Crippen molar-refractivity contribution in [3.05, 3.63) is 78.1 Å². The lowest BCUT2D eigenvalue weighted by molar-refractivity contribution is 0.0610. The van der Waals surface area contributed by atoms with Crippen LogP contribution in [0.5, 0.6) is 0 Å². The average molecular weight is 423 g/mol. The van der Waals surface area contributed by atoms with Crippen LogP contribution in [-0.2, 0) is 0 Å². The molecule has 5 nitrogen and oxygen atoms in total. The zero-order valence-electron chi connectivity index (χ0n) is 18.2. The van der Waals surface area contributed by atoms with Gasteiger partial charge in [0.25, 0.3) is 0 Å². The molecule has 4 aromatic rings. The van der Waals surface area contributed by atoms with Crippen molar-refractivity contribution in [1.29, 1.82) is 0 Å². The summed E-state index contributed by atoms with van der Waals surface area (Å²) >= 11 is 0. The molecule has 2 aromatic heterocycles. The third kappa shape index (κ3) is 4.23. The lowest BCUT2D eigenvalue weighted by atomic mass is 9.85. The maximum atomic E-state index is 10.7. The van der Waals surface area contributed by atoms with Crippen LogP contribution in [0.1, 0.15) is 43.2 Å². The summed E-state index contributed by atoms with van der Waals surface area (Å²) in [6.45, 7) is 2.05. The van der Waals surface area contributed by atoms with Crippen LogP contribution in [0, 0.1) is 18.8 Å². The van der Waals surface area contributed by atoms with E-state index in [-0.39, 0.29) is 0 Å². The van der Waals surface area contributed by atoms with Crippen LogP contribution in [-0.4, -0.2) is 25.2 Å². The van der Waals surface area contributed by atoms with E-state index < -0.39 is 5.60 Å². The van der Waals surface area contributed by atoms with Gasteiger partial charge < -0.3 is 15.0 Å². The van der Waals surface area contributed by atoms with Gasteiger partial charge in [-0.15, -0.1) is 0 Å². The van der Waals surface area contributed by atoms with Crippen molar-refractivity contribution >= 4 is 22.5 Å².